The van der Waals surface area contributed by atoms with Crippen LogP contribution in [0.5, 0.6) is 0 Å². The van der Waals surface area contributed by atoms with Gasteiger partial charge in [0.05, 0.1) is 11.4 Å². The molecule has 1 aliphatic carbocycles. The summed E-state index contributed by atoms with van der Waals surface area (Å²) in [5.41, 5.74) is 0.197. The van der Waals surface area contributed by atoms with E-state index in [0.29, 0.717) is 6.54 Å². The Kier molecular flexibility index (Phi) is 5.15. The zero-order valence-corrected chi connectivity index (χ0v) is 13.1. The molecule has 1 aromatic rings. The molecular weight excluding hydrogens is 306 g/mol. The van der Waals surface area contributed by atoms with E-state index in [9.17, 15) is 18.0 Å². The average molecular weight is 325 g/mol. The van der Waals surface area contributed by atoms with Gasteiger partial charge in [-0.3, -0.25) is 9.59 Å². The summed E-state index contributed by atoms with van der Waals surface area (Å²) in [4.78, 5) is 23.3. The molecule has 0 unspecified atom stereocenters. The van der Waals surface area contributed by atoms with Crippen LogP contribution < -0.4 is 15.4 Å². The topological polar surface area (TPSA) is 104 Å². The lowest BCUT2D eigenvalue weighted by Crippen LogP contribution is -2.36. The van der Waals surface area contributed by atoms with Crippen molar-refractivity contribution < 1.29 is 18.0 Å². The van der Waals surface area contributed by atoms with E-state index in [1.54, 1.807) is 6.92 Å². The van der Waals surface area contributed by atoms with E-state index >= 15 is 0 Å². The molecule has 0 radical (unpaired) electrons. The number of amides is 2. The predicted molar refractivity (Wildman–Crippen MR) is 80.8 cm³/mol. The highest BCUT2D eigenvalue weighted by molar-refractivity contribution is 7.89. The Labute approximate surface area is 129 Å². The Balaban J connectivity index is 2.04. The highest BCUT2D eigenvalue weighted by Gasteiger charge is 2.28. The summed E-state index contributed by atoms with van der Waals surface area (Å²) in [5.74, 6) is -0.787. The third kappa shape index (κ3) is 4.54. The summed E-state index contributed by atoms with van der Waals surface area (Å²) >= 11 is 0. The van der Waals surface area contributed by atoms with Crippen LogP contribution in [0.3, 0.4) is 0 Å². The van der Waals surface area contributed by atoms with Gasteiger partial charge in [-0.2, -0.15) is 0 Å². The van der Waals surface area contributed by atoms with E-state index in [2.05, 4.69) is 15.4 Å². The zero-order valence-electron chi connectivity index (χ0n) is 12.3. The molecule has 0 aliphatic heterocycles. The molecule has 8 heteroatoms. The predicted octanol–water partition coefficient (Wildman–Crippen LogP) is -0.00680. The Hall–Kier alpha value is -1.93. The smallest absolute Gasteiger partial charge is 0.251 e. The second-order valence-corrected chi connectivity index (χ2v) is 6.77. The van der Waals surface area contributed by atoms with Crippen LogP contribution in [-0.2, 0) is 14.8 Å². The molecule has 7 nitrogen and oxygen atoms in total. The fourth-order valence-corrected chi connectivity index (χ4v) is 3.17. The third-order valence-electron chi connectivity index (χ3n) is 3.09. The fourth-order valence-electron chi connectivity index (χ4n) is 1.82. The molecule has 1 aliphatic rings. The second kappa shape index (κ2) is 6.89. The SMILES string of the molecule is CCNC(=O)CNC(=O)c1cccc(S(=O)(=O)NC2CC2)c1. The Morgan fingerprint density at radius 2 is 1.95 bits per heavy atom. The molecule has 22 heavy (non-hydrogen) atoms. The summed E-state index contributed by atoms with van der Waals surface area (Å²) in [5, 5.41) is 5.01. The van der Waals surface area contributed by atoms with E-state index in [1.165, 1.54) is 24.3 Å². The maximum Gasteiger partial charge on any atom is 0.251 e. The van der Waals surface area contributed by atoms with Crippen molar-refractivity contribution in [3.05, 3.63) is 29.8 Å². The van der Waals surface area contributed by atoms with Gasteiger partial charge in [0, 0.05) is 18.2 Å². The molecule has 1 saturated carbocycles. The van der Waals surface area contributed by atoms with E-state index in [-0.39, 0.29) is 29.0 Å². The molecule has 1 fully saturated rings. The monoisotopic (exact) mass is 325 g/mol. The lowest BCUT2D eigenvalue weighted by atomic mass is 10.2. The summed E-state index contributed by atoms with van der Waals surface area (Å²) in [6.45, 7) is 2.11. The number of likely N-dealkylation sites (N-methyl/N-ethyl adjacent to an activating group) is 1. The van der Waals surface area contributed by atoms with Crippen molar-refractivity contribution in [1.82, 2.24) is 15.4 Å². The summed E-state index contributed by atoms with van der Waals surface area (Å²) in [6, 6.07) is 5.74. The summed E-state index contributed by atoms with van der Waals surface area (Å²) in [6.07, 6.45) is 1.68. The Morgan fingerprint density at radius 3 is 2.59 bits per heavy atom. The summed E-state index contributed by atoms with van der Waals surface area (Å²) < 4.78 is 26.8. The lowest BCUT2D eigenvalue weighted by Gasteiger charge is -2.08. The van der Waals surface area contributed by atoms with Crippen LogP contribution in [0.25, 0.3) is 0 Å². The maximum absolute atomic E-state index is 12.1. The first-order valence-corrected chi connectivity index (χ1v) is 8.58. The number of sulfonamides is 1. The standard InChI is InChI=1S/C14H19N3O4S/c1-2-15-13(18)9-16-14(19)10-4-3-5-12(8-10)22(20,21)17-11-6-7-11/h3-5,8,11,17H,2,6-7,9H2,1H3,(H,15,18)(H,16,19). The minimum absolute atomic E-state index is 0.000206. The Bertz CT molecular complexity index is 668. The van der Waals surface area contributed by atoms with Crippen LogP contribution >= 0.6 is 0 Å². The van der Waals surface area contributed by atoms with Gasteiger partial charge in [-0.05, 0) is 38.0 Å². The Morgan fingerprint density at radius 1 is 1.23 bits per heavy atom. The molecule has 0 heterocycles. The van der Waals surface area contributed by atoms with Crippen LogP contribution in [0, 0.1) is 0 Å². The van der Waals surface area contributed by atoms with E-state index < -0.39 is 15.9 Å². The quantitative estimate of drug-likeness (QED) is 0.656. The van der Waals surface area contributed by atoms with Gasteiger partial charge in [-0.1, -0.05) is 6.07 Å². The van der Waals surface area contributed by atoms with E-state index in [0.717, 1.165) is 12.8 Å². The first kappa shape index (κ1) is 16.4. The molecule has 2 rings (SSSR count). The van der Waals surface area contributed by atoms with Gasteiger partial charge in [0.15, 0.2) is 0 Å². The van der Waals surface area contributed by atoms with E-state index in [1.807, 2.05) is 0 Å². The van der Waals surface area contributed by atoms with Crippen molar-refractivity contribution in [2.24, 2.45) is 0 Å². The first-order chi connectivity index (χ1) is 10.4. The summed E-state index contributed by atoms with van der Waals surface area (Å²) in [7, 11) is -3.60. The number of benzene rings is 1. The van der Waals surface area contributed by atoms with Gasteiger partial charge in [0.1, 0.15) is 0 Å². The van der Waals surface area contributed by atoms with Crippen molar-refractivity contribution >= 4 is 21.8 Å². The van der Waals surface area contributed by atoms with Crippen LogP contribution in [0.15, 0.2) is 29.2 Å². The zero-order chi connectivity index (χ0) is 16.2. The first-order valence-electron chi connectivity index (χ1n) is 7.09. The maximum atomic E-state index is 12.1. The third-order valence-corrected chi connectivity index (χ3v) is 4.61. The molecule has 0 atom stereocenters. The minimum atomic E-state index is -3.60. The highest BCUT2D eigenvalue weighted by atomic mass is 32.2. The lowest BCUT2D eigenvalue weighted by molar-refractivity contribution is -0.120. The van der Waals surface area contributed by atoms with Crippen molar-refractivity contribution in [2.75, 3.05) is 13.1 Å². The number of hydrogen-bond donors (Lipinski definition) is 3. The molecule has 0 bridgehead atoms. The van der Waals surface area contributed by atoms with Gasteiger partial charge in [0.2, 0.25) is 15.9 Å². The largest absolute Gasteiger partial charge is 0.355 e. The number of nitrogens with one attached hydrogen (secondary N) is 3. The second-order valence-electron chi connectivity index (χ2n) is 5.06. The van der Waals surface area contributed by atoms with Crippen LogP contribution in [0.2, 0.25) is 0 Å². The van der Waals surface area contributed by atoms with Gasteiger partial charge in [0.25, 0.3) is 5.91 Å². The number of carbonyl (C=O) groups excluding carboxylic acids is 2. The van der Waals surface area contributed by atoms with Crippen molar-refractivity contribution in [3.63, 3.8) is 0 Å². The molecule has 2 amide bonds. The van der Waals surface area contributed by atoms with Crippen LogP contribution in [-0.4, -0.2) is 39.4 Å². The van der Waals surface area contributed by atoms with Gasteiger partial charge >= 0.3 is 0 Å². The van der Waals surface area contributed by atoms with Gasteiger partial charge in [-0.15, -0.1) is 0 Å². The molecule has 3 N–H and O–H groups in total. The molecule has 120 valence electrons. The average Bonchev–Trinajstić information content (AvgIpc) is 3.28. The van der Waals surface area contributed by atoms with Crippen molar-refractivity contribution in [1.29, 1.82) is 0 Å². The normalized spacial score (nSPS) is 14.4. The van der Waals surface area contributed by atoms with Crippen molar-refractivity contribution in [2.45, 2.75) is 30.7 Å². The fraction of sp³-hybridized carbons (Fsp3) is 0.429. The number of hydrogen-bond acceptors (Lipinski definition) is 4. The molecular formula is C14H19N3O4S. The number of carbonyl (C=O) groups is 2. The minimum Gasteiger partial charge on any atom is -0.355 e. The number of rotatable bonds is 7. The van der Waals surface area contributed by atoms with E-state index in [4.69, 9.17) is 0 Å². The van der Waals surface area contributed by atoms with Gasteiger partial charge < -0.3 is 10.6 Å². The van der Waals surface area contributed by atoms with Gasteiger partial charge in [-0.25, -0.2) is 13.1 Å². The van der Waals surface area contributed by atoms with Crippen LogP contribution in [0.4, 0.5) is 0 Å². The molecule has 0 aromatic heterocycles. The molecule has 0 spiro atoms. The molecule has 1 aromatic carbocycles. The highest BCUT2D eigenvalue weighted by Crippen LogP contribution is 2.22. The van der Waals surface area contributed by atoms with Crippen molar-refractivity contribution in [3.8, 4) is 0 Å². The molecule has 0 saturated heterocycles. The van der Waals surface area contributed by atoms with Crippen LogP contribution in [0.1, 0.15) is 30.1 Å².